The van der Waals surface area contributed by atoms with Crippen LogP contribution in [0.4, 0.5) is 11.5 Å². The molecule has 28 heavy (non-hydrogen) atoms. The zero-order valence-corrected chi connectivity index (χ0v) is 17.1. The van der Waals surface area contributed by atoms with Crippen LogP contribution < -0.4 is 5.32 Å². The highest BCUT2D eigenvalue weighted by atomic mass is 15.2. The molecule has 148 valence electrons. The second-order valence-electron chi connectivity index (χ2n) is 7.72. The number of hydrogen-bond donors (Lipinski definition) is 1. The standard InChI is InChI=1S/C22H30N6/c1-4-23-22-18-14-27(3)15-25-21(18)12-20(26-22)17-6-7-19(24-13-17)16-8-10-28(5-2)11-9-16/h6-7,12-13,15-16H,4-5,8-11,14H2,1-3H3,(H,23,26). The van der Waals surface area contributed by atoms with E-state index in [-0.39, 0.29) is 0 Å². The largest absolute Gasteiger partial charge is 0.370 e. The highest BCUT2D eigenvalue weighted by Crippen LogP contribution is 2.34. The molecule has 0 aliphatic carbocycles. The molecule has 0 aromatic carbocycles. The first kappa shape index (κ1) is 18.9. The number of anilines is 1. The minimum absolute atomic E-state index is 0.575. The molecule has 4 heterocycles. The van der Waals surface area contributed by atoms with Crippen molar-refractivity contribution in [3.05, 3.63) is 35.7 Å². The Morgan fingerprint density at radius 1 is 1.18 bits per heavy atom. The minimum atomic E-state index is 0.575. The molecule has 6 nitrogen and oxygen atoms in total. The SMILES string of the molecule is CCNc1nc(-c2ccc(C3CCN(CC)CC3)nc2)cc2c1CN(C)C=N2. The predicted octanol–water partition coefficient (Wildman–Crippen LogP) is 3.88. The van der Waals surface area contributed by atoms with Crippen LogP contribution in [0.3, 0.4) is 0 Å². The van der Waals surface area contributed by atoms with Gasteiger partial charge in [0.25, 0.3) is 0 Å². The topological polar surface area (TPSA) is 56.7 Å². The molecular formula is C22H30N6. The fraction of sp³-hybridized carbons (Fsp3) is 0.500. The third kappa shape index (κ3) is 3.87. The Kier molecular flexibility index (Phi) is 5.57. The lowest BCUT2D eigenvalue weighted by Crippen LogP contribution is -2.32. The Balaban J connectivity index is 1.58. The van der Waals surface area contributed by atoms with Crippen LogP contribution >= 0.6 is 0 Å². The van der Waals surface area contributed by atoms with Crippen molar-refractivity contribution in [3.63, 3.8) is 0 Å². The van der Waals surface area contributed by atoms with E-state index >= 15 is 0 Å². The van der Waals surface area contributed by atoms with E-state index in [1.807, 2.05) is 19.6 Å². The van der Waals surface area contributed by atoms with Crippen molar-refractivity contribution in [2.75, 3.05) is 38.5 Å². The maximum Gasteiger partial charge on any atom is 0.133 e. The summed E-state index contributed by atoms with van der Waals surface area (Å²) in [4.78, 5) is 18.9. The number of likely N-dealkylation sites (tertiary alicyclic amines) is 1. The van der Waals surface area contributed by atoms with E-state index in [9.17, 15) is 0 Å². The molecule has 2 aliphatic heterocycles. The van der Waals surface area contributed by atoms with Crippen molar-refractivity contribution in [3.8, 4) is 11.3 Å². The second kappa shape index (κ2) is 8.27. The Morgan fingerprint density at radius 2 is 2.00 bits per heavy atom. The van der Waals surface area contributed by atoms with Crippen LogP contribution in [0.15, 0.2) is 29.4 Å². The summed E-state index contributed by atoms with van der Waals surface area (Å²) >= 11 is 0. The molecule has 0 spiro atoms. The summed E-state index contributed by atoms with van der Waals surface area (Å²) in [6.45, 7) is 9.49. The Morgan fingerprint density at radius 3 is 2.68 bits per heavy atom. The number of nitrogens with one attached hydrogen (secondary N) is 1. The van der Waals surface area contributed by atoms with E-state index < -0.39 is 0 Å². The molecule has 0 saturated carbocycles. The normalized spacial score (nSPS) is 17.6. The number of aliphatic imine (C=N–C) groups is 1. The first-order valence-electron chi connectivity index (χ1n) is 10.4. The molecule has 4 rings (SSSR count). The monoisotopic (exact) mass is 378 g/mol. The number of aromatic nitrogens is 2. The summed E-state index contributed by atoms with van der Waals surface area (Å²) in [5.41, 5.74) is 5.34. The van der Waals surface area contributed by atoms with Gasteiger partial charge in [-0.15, -0.1) is 0 Å². The zero-order valence-electron chi connectivity index (χ0n) is 17.1. The molecule has 0 atom stereocenters. The molecule has 0 unspecified atom stereocenters. The van der Waals surface area contributed by atoms with Gasteiger partial charge in [-0.05, 0) is 57.6 Å². The Hall–Kier alpha value is -2.47. The first-order valence-corrected chi connectivity index (χ1v) is 10.4. The number of pyridine rings is 2. The lowest BCUT2D eigenvalue weighted by molar-refractivity contribution is 0.221. The van der Waals surface area contributed by atoms with Crippen molar-refractivity contribution in [1.82, 2.24) is 19.8 Å². The summed E-state index contributed by atoms with van der Waals surface area (Å²) in [6.07, 6.45) is 6.25. The van der Waals surface area contributed by atoms with Gasteiger partial charge in [-0.25, -0.2) is 9.98 Å². The average molecular weight is 379 g/mol. The van der Waals surface area contributed by atoms with Gasteiger partial charge < -0.3 is 15.1 Å². The summed E-state index contributed by atoms with van der Waals surface area (Å²) in [5, 5.41) is 3.40. The van der Waals surface area contributed by atoms with Crippen molar-refractivity contribution >= 4 is 17.8 Å². The molecule has 0 bridgehead atoms. The molecule has 1 N–H and O–H groups in total. The molecular weight excluding hydrogens is 348 g/mol. The summed E-state index contributed by atoms with van der Waals surface area (Å²) in [5.74, 6) is 1.50. The van der Waals surface area contributed by atoms with Gasteiger partial charge in [-0.1, -0.05) is 6.92 Å². The highest BCUT2D eigenvalue weighted by Gasteiger charge is 2.21. The molecule has 6 heteroatoms. The lowest BCUT2D eigenvalue weighted by atomic mass is 9.92. The highest BCUT2D eigenvalue weighted by molar-refractivity contribution is 5.75. The van der Waals surface area contributed by atoms with E-state index in [1.165, 1.54) is 31.6 Å². The molecule has 1 saturated heterocycles. The Labute approximate surface area is 167 Å². The molecule has 1 fully saturated rings. The lowest BCUT2D eigenvalue weighted by Gasteiger charge is -2.30. The smallest absolute Gasteiger partial charge is 0.133 e. The molecule has 2 aromatic heterocycles. The van der Waals surface area contributed by atoms with E-state index in [0.717, 1.165) is 48.0 Å². The van der Waals surface area contributed by atoms with Crippen LogP contribution in [0.25, 0.3) is 11.3 Å². The van der Waals surface area contributed by atoms with E-state index in [4.69, 9.17) is 9.97 Å². The fourth-order valence-corrected chi connectivity index (χ4v) is 4.09. The molecule has 0 radical (unpaired) electrons. The van der Waals surface area contributed by atoms with Crippen molar-refractivity contribution in [2.24, 2.45) is 4.99 Å². The summed E-state index contributed by atoms with van der Waals surface area (Å²) in [7, 11) is 2.03. The molecule has 2 aromatic rings. The van der Waals surface area contributed by atoms with Gasteiger partial charge in [0.1, 0.15) is 5.82 Å². The number of piperidine rings is 1. The van der Waals surface area contributed by atoms with Crippen LogP contribution in [0.5, 0.6) is 0 Å². The van der Waals surface area contributed by atoms with Crippen LogP contribution in [0, 0.1) is 0 Å². The van der Waals surface area contributed by atoms with Crippen molar-refractivity contribution in [2.45, 2.75) is 39.2 Å². The van der Waals surface area contributed by atoms with Gasteiger partial charge in [0, 0.05) is 49.1 Å². The van der Waals surface area contributed by atoms with E-state index in [2.05, 4.69) is 52.2 Å². The Bertz CT molecular complexity index is 837. The quantitative estimate of drug-likeness (QED) is 0.856. The molecule has 0 amide bonds. The van der Waals surface area contributed by atoms with Gasteiger partial charge >= 0.3 is 0 Å². The number of fused-ring (bicyclic) bond motifs is 1. The van der Waals surface area contributed by atoms with Crippen LogP contribution in [0.2, 0.25) is 0 Å². The van der Waals surface area contributed by atoms with E-state index in [0.29, 0.717) is 5.92 Å². The van der Waals surface area contributed by atoms with Crippen LogP contribution in [0.1, 0.15) is 43.9 Å². The third-order valence-corrected chi connectivity index (χ3v) is 5.78. The van der Waals surface area contributed by atoms with Gasteiger partial charge in [-0.3, -0.25) is 4.98 Å². The summed E-state index contributed by atoms with van der Waals surface area (Å²) < 4.78 is 0. The summed E-state index contributed by atoms with van der Waals surface area (Å²) in [6, 6.07) is 6.43. The first-order chi connectivity index (χ1) is 13.7. The number of nitrogens with zero attached hydrogens (tertiary/aromatic N) is 5. The number of hydrogen-bond acceptors (Lipinski definition) is 6. The van der Waals surface area contributed by atoms with Gasteiger partial charge in [-0.2, -0.15) is 0 Å². The van der Waals surface area contributed by atoms with Gasteiger partial charge in [0.2, 0.25) is 0 Å². The van der Waals surface area contributed by atoms with Gasteiger partial charge in [0.05, 0.1) is 17.7 Å². The maximum atomic E-state index is 4.89. The average Bonchev–Trinajstić information content (AvgIpc) is 2.74. The predicted molar refractivity (Wildman–Crippen MR) is 115 cm³/mol. The molecule has 2 aliphatic rings. The third-order valence-electron chi connectivity index (χ3n) is 5.78. The van der Waals surface area contributed by atoms with E-state index in [1.54, 1.807) is 0 Å². The second-order valence-corrected chi connectivity index (χ2v) is 7.72. The zero-order chi connectivity index (χ0) is 19.5. The number of rotatable bonds is 5. The van der Waals surface area contributed by atoms with Crippen molar-refractivity contribution in [1.29, 1.82) is 0 Å². The van der Waals surface area contributed by atoms with Gasteiger partial charge in [0.15, 0.2) is 0 Å². The van der Waals surface area contributed by atoms with Crippen LogP contribution in [-0.2, 0) is 6.54 Å². The minimum Gasteiger partial charge on any atom is -0.370 e. The van der Waals surface area contributed by atoms with Crippen molar-refractivity contribution < 1.29 is 0 Å². The van der Waals surface area contributed by atoms with Crippen LogP contribution in [-0.4, -0.2) is 59.3 Å². The maximum absolute atomic E-state index is 4.89. The fourth-order valence-electron chi connectivity index (χ4n) is 4.09.